The van der Waals surface area contributed by atoms with Crippen LogP contribution in [0.2, 0.25) is 0 Å². The largest absolute Gasteiger partial charge is 0.299 e. The summed E-state index contributed by atoms with van der Waals surface area (Å²) in [7, 11) is 0. The predicted molar refractivity (Wildman–Crippen MR) is 212 cm³/mol. The van der Waals surface area contributed by atoms with Crippen molar-refractivity contribution in [3.8, 4) is 11.1 Å². The predicted octanol–water partition coefficient (Wildman–Crippen LogP) is 12.8. The van der Waals surface area contributed by atoms with E-state index in [0.717, 1.165) is 36.1 Å². The average Bonchev–Trinajstić information content (AvgIpc) is 3.91. The van der Waals surface area contributed by atoms with E-state index in [9.17, 15) is 0 Å². The summed E-state index contributed by atoms with van der Waals surface area (Å²) in [6.07, 6.45) is 29.2. The number of piperidine rings is 1. The third-order valence-electron chi connectivity index (χ3n) is 13.5. The van der Waals surface area contributed by atoms with Gasteiger partial charge in [0.05, 0.1) is 0 Å². The summed E-state index contributed by atoms with van der Waals surface area (Å²) in [5.74, 6) is 4.66. The Morgan fingerprint density at radius 3 is 2.60 bits per heavy atom. The Kier molecular flexibility index (Phi) is 9.92. The van der Waals surface area contributed by atoms with Gasteiger partial charge in [-0.05, 0) is 177 Å². The molecule has 0 spiro atoms. The zero-order valence-corrected chi connectivity index (χ0v) is 31.2. The van der Waals surface area contributed by atoms with Crippen molar-refractivity contribution < 1.29 is 0 Å². The Hall–Kier alpha value is -3.38. The molecule has 2 saturated carbocycles. The maximum absolute atomic E-state index is 4.70. The molecule has 5 unspecified atom stereocenters. The maximum Gasteiger partial charge on any atom is 0.0234 e. The van der Waals surface area contributed by atoms with Crippen LogP contribution in [0, 0.1) is 36.5 Å². The second-order valence-corrected chi connectivity index (χ2v) is 16.9. The molecule has 0 amide bonds. The molecule has 0 bridgehead atoms. The molecule has 6 aliphatic rings. The number of rotatable bonds is 11. The van der Waals surface area contributed by atoms with Gasteiger partial charge in [0, 0.05) is 12.5 Å². The smallest absolute Gasteiger partial charge is 0.0234 e. The van der Waals surface area contributed by atoms with E-state index in [4.69, 9.17) is 6.58 Å². The Labute approximate surface area is 303 Å². The fraction of sp³-hybridized carbons (Fsp3) is 0.490. The van der Waals surface area contributed by atoms with E-state index in [2.05, 4.69) is 98.2 Å². The van der Waals surface area contributed by atoms with Crippen molar-refractivity contribution >= 4 is 0 Å². The maximum atomic E-state index is 4.70. The Bertz CT molecular complexity index is 1810. The summed E-state index contributed by atoms with van der Waals surface area (Å²) in [5.41, 5.74) is 20.2. The highest BCUT2D eigenvalue weighted by atomic mass is 15.1. The molecule has 1 heterocycles. The molecular formula is C49H59N. The molecule has 260 valence electrons. The lowest BCUT2D eigenvalue weighted by Crippen LogP contribution is -2.33. The van der Waals surface area contributed by atoms with Crippen molar-refractivity contribution in [2.45, 2.75) is 110 Å². The molecule has 1 heteroatoms. The molecule has 5 atom stereocenters. The van der Waals surface area contributed by atoms with Crippen molar-refractivity contribution in [2.24, 2.45) is 29.6 Å². The molecule has 0 N–H and O–H groups in total. The van der Waals surface area contributed by atoms with E-state index >= 15 is 0 Å². The van der Waals surface area contributed by atoms with E-state index in [0.29, 0.717) is 5.92 Å². The summed E-state index contributed by atoms with van der Waals surface area (Å²) in [4.78, 5) is 2.73. The molecule has 5 aliphatic carbocycles. The van der Waals surface area contributed by atoms with Crippen LogP contribution in [0.25, 0.3) is 11.1 Å². The monoisotopic (exact) mass is 661 g/mol. The third kappa shape index (κ3) is 7.07. The van der Waals surface area contributed by atoms with Gasteiger partial charge in [-0.2, -0.15) is 0 Å². The van der Waals surface area contributed by atoms with Gasteiger partial charge < -0.3 is 0 Å². The van der Waals surface area contributed by atoms with Crippen molar-refractivity contribution in [3.05, 3.63) is 135 Å². The lowest BCUT2D eigenvalue weighted by Gasteiger charge is -2.33. The molecule has 1 saturated heterocycles. The number of hydrogen-bond donors (Lipinski definition) is 0. The zero-order chi connectivity index (χ0) is 34.2. The van der Waals surface area contributed by atoms with Gasteiger partial charge in [-0.25, -0.2) is 0 Å². The van der Waals surface area contributed by atoms with Crippen molar-refractivity contribution in [3.63, 3.8) is 0 Å². The first-order valence-electron chi connectivity index (χ1n) is 20.3. The highest BCUT2D eigenvalue weighted by molar-refractivity contribution is 5.80. The van der Waals surface area contributed by atoms with Gasteiger partial charge in [0.1, 0.15) is 0 Å². The van der Waals surface area contributed by atoms with Gasteiger partial charge in [0.25, 0.3) is 0 Å². The van der Waals surface area contributed by atoms with Crippen LogP contribution < -0.4 is 0 Å². The molecule has 1 nitrogen and oxygen atoms in total. The SMILES string of the molecule is C=C(CCC1CCCC(CC2=CC=C=CC=C2)C1)C1=CC(C)=C(CC2CCN(Cc3cc(C)c4c(c3)-c3ccccc3C4CC)CC2)C2CC12. The minimum absolute atomic E-state index is 0.557. The van der Waals surface area contributed by atoms with Crippen LogP contribution >= 0.6 is 0 Å². The van der Waals surface area contributed by atoms with E-state index in [1.54, 1.807) is 22.3 Å². The van der Waals surface area contributed by atoms with E-state index in [-0.39, 0.29) is 0 Å². The third-order valence-corrected chi connectivity index (χ3v) is 13.5. The molecule has 2 aromatic carbocycles. The lowest BCUT2D eigenvalue weighted by atomic mass is 9.75. The van der Waals surface area contributed by atoms with Crippen LogP contribution in [-0.2, 0) is 6.54 Å². The minimum Gasteiger partial charge on any atom is -0.299 e. The number of benzene rings is 2. The van der Waals surface area contributed by atoms with Gasteiger partial charge >= 0.3 is 0 Å². The first kappa shape index (κ1) is 33.7. The highest BCUT2D eigenvalue weighted by Crippen LogP contribution is 2.57. The minimum atomic E-state index is 0.557. The number of allylic oxidation sites excluding steroid dienone is 10. The van der Waals surface area contributed by atoms with Gasteiger partial charge in [0.2, 0.25) is 0 Å². The summed E-state index contributed by atoms with van der Waals surface area (Å²) in [6.45, 7) is 15.4. The van der Waals surface area contributed by atoms with Crippen LogP contribution in [-0.4, -0.2) is 18.0 Å². The van der Waals surface area contributed by atoms with E-state index in [1.807, 2.05) is 6.08 Å². The Balaban J connectivity index is 0.830. The van der Waals surface area contributed by atoms with Crippen LogP contribution in [0.4, 0.5) is 0 Å². The van der Waals surface area contributed by atoms with Crippen LogP contribution in [0.15, 0.2) is 113 Å². The molecule has 3 fully saturated rings. The number of aryl methyl sites for hydroxylation is 1. The normalized spacial score (nSPS) is 27.4. The molecule has 0 aromatic heterocycles. The lowest BCUT2D eigenvalue weighted by molar-refractivity contribution is 0.176. The Morgan fingerprint density at radius 2 is 1.74 bits per heavy atom. The Morgan fingerprint density at radius 1 is 0.900 bits per heavy atom. The second-order valence-electron chi connectivity index (χ2n) is 16.9. The van der Waals surface area contributed by atoms with Crippen molar-refractivity contribution in [1.29, 1.82) is 0 Å². The van der Waals surface area contributed by atoms with E-state index < -0.39 is 0 Å². The average molecular weight is 662 g/mol. The van der Waals surface area contributed by atoms with Crippen molar-refractivity contribution in [2.75, 3.05) is 13.1 Å². The number of likely N-dealkylation sites (tertiary alicyclic amines) is 1. The molecule has 2 aromatic rings. The van der Waals surface area contributed by atoms with Crippen molar-refractivity contribution in [1.82, 2.24) is 4.90 Å². The highest BCUT2D eigenvalue weighted by Gasteiger charge is 2.46. The summed E-state index contributed by atoms with van der Waals surface area (Å²) >= 11 is 0. The number of nitrogens with zero attached hydrogens (tertiary/aromatic N) is 1. The molecule has 50 heavy (non-hydrogen) atoms. The first-order chi connectivity index (χ1) is 24.4. The molecule has 8 rings (SSSR count). The zero-order valence-electron chi connectivity index (χ0n) is 31.2. The molecular weight excluding hydrogens is 603 g/mol. The summed E-state index contributed by atoms with van der Waals surface area (Å²) < 4.78 is 0. The molecule has 1 aliphatic heterocycles. The standard InChI is InChI=1S/C49H59N/c1-5-41-42-17-10-11-18-43(42)48-30-40(25-35(4)49(41)48)32-50-23-21-38(22-24-50)29-45-34(3)26-44(46-31-47(45)46)33(2)19-20-37-15-12-16-39(28-37)27-36-13-8-6-7-9-14-36/h6,8-11,13-14,17-18,25-26,30,37-39,41,46-47H,2,5,12,15-16,19-24,27-29,31-32H2,1,3-4H3. The van der Waals surface area contributed by atoms with Crippen LogP contribution in [0.3, 0.4) is 0 Å². The summed E-state index contributed by atoms with van der Waals surface area (Å²) in [6, 6.07) is 14.2. The topological polar surface area (TPSA) is 3.24 Å². The summed E-state index contributed by atoms with van der Waals surface area (Å²) in [5, 5.41) is 0. The fourth-order valence-corrected chi connectivity index (χ4v) is 10.9. The van der Waals surface area contributed by atoms with Gasteiger partial charge in [-0.3, -0.25) is 4.90 Å². The van der Waals surface area contributed by atoms with Gasteiger partial charge in [-0.1, -0.05) is 104 Å². The fourth-order valence-electron chi connectivity index (χ4n) is 10.9. The van der Waals surface area contributed by atoms with Gasteiger partial charge in [-0.15, -0.1) is 5.73 Å². The van der Waals surface area contributed by atoms with Crippen LogP contribution in [0.1, 0.15) is 119 Å². The molecule has 0 radical (unpaired) electrons. The quantitative estimate of drug-likeness (QED) is 0.217. The van der Waals surface area contributed by atoms with Gasteiger partial charge in [0.15, 0.2) is 0 Å². The first-order valence-corrected chi connectivity index (χ1v) is 20.3. The van der Waals surface area contributed by atoms with E-state index in [1.165, 1.54) is 129 Å². The second kappa shape index (κ2) is 14.7. The number of fused-ring (bicyclic) bond motifs is 4. The van der Waals surface area contributed by atoms with Crippen LogP contribution in [0.5, 0.6) is 0 Å². The number of hydrogen-bond acceptors (Lipinski definition) is 1.